The molecule has 1 fully saturated rings. The number of nitrogens with one attached hydrogen (secondary N) is 1. The smallest absolute Gasteiger partial charge is 0.179 e. The molecule has 1 aliphatic rings. The van der Waals surface area contributed by atoms with Gasteiger partial charge in [0.2, 0.25) is 0 Å². The van der Waals surface area contributed by atoms with Crippen LogP contribution in [0.25, 0.3) is 11.2 Å². The van der Waals surface area contributed by atoms with E-state index >= 15 is 0 Å². The number of nitrogens with zero attached hydrogens (tertiary/aromatic N) is 2. The van der Waals surface area contributed by atoms with E-state index in [9.17, 15) is 0 Å². The zero-order valence-electron chi connectivity index (χ0n) is 10.6. The highest BCUT2D eigenvalue weighted by atomic mass is 32.1. The Morgan fingerprint density at radius 2 is 2.39 bits per heavy atom. The van der Waals surface area contributed by atoms with Crippen molar-refractivity contribution in [3.63, 3.8) is 0 Å². The molecule has 18 heavy (non-hydrogen) atoms. The highest BCUT2D eigenvalue weighted by molar-refractivity contribution is 7.71. The Balaban J connectivity index is 2.10. The average Bonchev–Trinajstić information content (AvgIpc) is 2.64. The van der Waals surface area contributed by atoms with Gasteiger partial charge < -0.3 is 9.72 Å². The average molecular weight is 263 g/mol. The van der Waals surface area contributed by atoms with E-state index in [1.54, 1.807) is 0 Å². The topological polar surface area (TPSA) is 42.8 Å². The standard InChI is InChI=1S/C13H17N3OS/c1-8-5-11-12(14-7-8)16(13(18)15-11)10-3-4-17-9(2)6-10/h5,7,9-10H,3-4,6H2,1-2H3,(H,15,18). The second kappa shape index (κ2) is 4.48. The molecular formula is C13H17N3OS. The fourth-order valence-electron chi connectivity index (χ4n) is 2.67. The summed E-state index contributed by atoms with van der Waals surface area (Å²) in [5.41, 5.74) is 3.13. The van der Waals surface area contributed by atoms with Gasteiger partial charge in [0.25, 0.3) is 0 Å². The largest absolute Gasteiger partial charge is 0.378 e. The molecule has 0 aliphatic carbocycles. The van der Waals surface area contributed by atoms with Crippen LogP contribution in [0, 0.1) is 11.7 Å². The first-order valence-electron chi connectivity index (χ1n) is 6.33. The second-order valence-electron chi connectivity index (χ2n) is 5.04. The third kappa shape index (κ3) is 1.97. The van der Waals surface area contributed by atoms with Gasteiger partial charge >= 0.3 is 0 Å². The molecule has 2 unspecified atom stereocenters. The fourth-order valence-corrected chi connectivity index (χ4v) is 3.01. The molecule has 0 spiro atoms. The number of hydrogen-bond donors (Lipinski definition) is 1. The van der Waals surface area contributed by atoms with Crippen LogP contribution in [0.4, 0.5) is 0 Å². The number of fused-ring (bicyclic) bond motifs is 1. The molecule has 0 amide bonds. The fraction of sp³-hybridized carbons (Fsp3) is 0.538. The quantitative estimate of drug-likeness (QED) is 0.804. The van der Waals surface area contributed by atoms with E-state index < -0.39 is 0 Å². The summed E-state index contributed by atoms with van der Waals surface area (Å²) in [4.78, 5) is 7.78. The normalized spacial score (nSPS) is 24.6. The molecule has 0 saturated carbocycles. The summed E-state index contributed by atoms with van der Waals surface area (Å²) < 4.78 is 8.52. The summed E-state index contributed by atoms with van der Waals surface area (Å²) in [5.74, 6) is 0. The molecule has 5 heteroatoms. The minimum Gasteiger partial charge on any atom is -0.378 e. The SMILES string of the molecule is Cc1cnc2c(c1)[nH]c(=S)n2C1CCOC(C)C1. The van der Waals surface area contributed by atoms with Crippen LogP contribution in [-0.2, 0) is 4.74 Å². The number of aryl methyl sites for hydroxylation is 1. The lowest BCUT2D eigenvalue weighted by Gasteiger charge is -2.28. The van der Waals surface area contributed by atoms with Crippen molar-refractivity contribution >= 4 is 23.4 Å². The maximum absolute atomic E-state index is 5.60. The van der Waals surface area contributed by atoms with Gasteiger partial charge in [-0.1, -0.05) is 0 Å². The van der Waals surface area contributed by atoms with Gasteiger partial charge in [-0.15, -0.1) is 0 Å². The Hall–Kier alpha value is -1.20. The molecule has 3 rings (SSSR count). The number of imidazole rings is 1. The van der Waals surface area contributed by atoms with Gasteiger partial charge in [0.15, 0.2) is 10.4 Å². The van der Waals surface area contributed by atoms with Gasteiger partial charge in [-0.3, -0.25) is 4.57 Å². The summed E-state index contributed by atoms with van der Waals surface area (Å²) >= 11 is 5.44. The Morgan fingerprint density at radius 3 is 3.17 bits per heavy atom. The predicted octanol–water partition coefficient (Wildman–Crippen LogP) is 3.14. The monoisotopic (exact) mass is 263 g/mol. The van der Waals surface area contributed by atoms with Gasteiger partial charge in [0.05, 0.1) is 11.6 Å². The summed E-state index contributed by atoms with van der Waals surface area (Å²) in [6.07, 6.45) is 4.18. The number of aromatic nitrogens is 3. The predicted molar refractivity (Wildman–Crippen MR) is 73.3 cm³/mol. The minimum atomic E-state index is 0.293. The molecule has 1 N–H and O–H groups in total. The Bertz CT molecular complexity index is 631. The summed E-state index contributed by atoms with van der Waals surface area (Å²) in [6, 6.07) is 2.49. The van der Waals surface area contributed by atoms with Crippen molar-refractivity contribution in [2.45, 2.75) is 38.8 Å². The Labute approximate surface area is 111 Å². The van der Waals surface area contributed by atoms with Crippen LogP contribution in [0.2, 0.25) is 0 Å². The molecule has 2 atom stereocenters. The van der Waals surface area contributed by atoms with Gasteiger partial charge in [0, 0.05) is 18.8 Å². The number of ether oxygens (including phenoxy) is 1. The Morgan fingerprint density at radius 1 is 1.56 bits per heavy atom. The molecule has 0 aromatic carbocycles. The van der Waals surface area contributed by atoms with E-state index in [-0.39, 0.29) is 0 Å². The van der Waals surface area contributed by atoms with Crippen LogP contribution in [0.15, 0.2) is 12.3 Å². The first-order chi connectivity index (χ1) is 8.65. The number of pyridine rings is 1. The van der Waals surface area contributed by atoms with Crippen molar-refractivity contribution in [2.24, 2.45) is 0 Å². The first-order valence-corrected chi connectivity index (χ1v) is 6.74. The van der Waals surface area contributed by atoms with Crippen molar-refractivity contribution in [3.05, 3.63) is 22.6 Å². The number of rotatable bonds is 1. The zero-order chi connectivity index (χ0) is 12.7. The van der Waals surface area contributed by atoms with E-state index in [4.69, 9.17) is 17.0 Å². The summed E-state index contributed by atoms with van der Waals surface area (Å²) in [6.45, 7) is 4.95. The minimum absolute atomic E-state index is 0.293. The van der Waals surface area contributed by atoms with Crippen LogP contribution in [0.1, 0.15) is 31.4 Å². The molecule has 4 nitrogen and oxygen atoms in total. The highest BCUT2D eigenvalue weighted by Gasteiger charge is 2.23. The second-order valence-corrected chi connectivity index (χ2v) is 5.43. The van der Waals surface area contributed by atoms with Gasteiger partial charge in [-0.05, 0) is 50.5 Å². The van der Waals surface area contributed by atoms with Crippen LogP contribution in [0.5, 0.6) is 0 Å². The lowest BCUT2D eigenvalue weighted by molar-refractivity contribution is 0.00638. The van der Waals surface area contributed by atoms with E-state index in [1.807, 2.05) is 13.1 Å². The molecule has 3 heterocycles. The maximum atomic E-state index is 5.60. The third-order valence-corrected chi connectivity index (χ3v) is 3.81. The number of aromatic amines is 1. The molecule has 1 saturated heterocycles. The molecule has 96 valence electrons. The molecule has 1 aliphatic heterocycles. The van der Waals surface area contributed by atoms with Crippen LogP contribution in [0.3, 0.4) is 0 Å². The van der Waals surface area contributed by atoms with Crippen LogP contribution < -0.4 is 0 Å². The highest BCUT2D eigenvalue weighted by Crippen LogP contribution is 2.28. The van der Waals surface area contributed by atoms with Crippen molar-refractivity contribution in [1.29, 1.82) is 0 Å². The molecule has 0 radical (unpaired) electrons. The summed E-state index contributed by atoms with van der Waals surface area (Å²) in [5, 5.41) is 0. The van der Waals surface area contributed by atoms with Crippen molar-refractivity contribution in [1.82, 2.24) is 14.5 Å². The Kier molecular flexibility index (Phi) is 2.95. The van der Waals surface area contributed by atoms with Gasteiger partial charge in [-0.2, -0.15) is 0 Å². The van der Waals surface area contributed by atoms with Crippen molar-refractivity contribution in [3.8, 4) is 0 Å². The molecular weight excluding hydrogens is 246 g/mol. The first kappa shape index (κ1) is 11.9. The van der Waals surface area contributed by atoms with E-state index in [1.165, 1.54) is 0 Å². The number of hydrogen-bond acceptors (Lipinski definition) is 3. The van der Waals surface area contributed by atoms with Crippen molar-refractivity contribution in [2.75, 3.05) is 6.61 Å². The zero-order valence-corrected chi connectivity index (χ0v) is 11.5. The maximum Gasteiger partial charge on any atom is 0.179 e. The molecule has 2 aromatic rings. The van der Waals surface area contributed by atoms with Crippen LogP contribution >= 0.6 is 12.2 Å². The molecule has 0 bridgehead atoms. The van der Waals surface area contributed by atoms with E-state index in [0.29, 0.717) is 12.1 Å². The van der Waals surface area contributed by atoms with Crippen LogP contribution in [-0.4, -0.2) is 27.2 Å². The van der Waals surface area contributed by atoms with Gasteiger partial charge in [0.1, 0.15) is 0 Å². The third-order valence-electron chi connectivity index (χ3n) is 3.51. The van der Waals surface area contributed by atoms with E-state index in [0.717, 1.165) is 40.9 Å². The lowest BCUT2D eigenvalue weighted by atomic mass is 10.0. The number of H-pyrrole nitrogens is 1. The lowest BCUT2D eigenvalue weighted by Crippen LogP contribution is -2.25. The molecule has 2 aromatic heterocycles. The van der Waals surface area contributed by atoms with E-state index in [2.05, 4.69) is 27.5 Å². The summed E-state index contributed by atoms with van der Waals surface area (Å²) in [7, 11) is 0. The van der Waals surface area contributed by atoms with Gasteiger partial charge in [-0.25, -0.2) is 4.98 Å². The van der Waals surface area contributed by atoms with Crippen molar-refractivity contribution < 1.29 is 4.74 Å².